The van der Waals surface area contributed by atoms with Crippen molar-refractivity contribution in [2.45, 2.75) is 25.8 Å². The first-order valence-electron chi connectivity index (χ1n) is 7.87. The lowest BCUT2D eigenvalue weighted by molar-refractivity contribution is -0.131. The molecule has 9 heteroatoms. The highest BCUT2D eigenvalue weighted by atomic mass is 32.2. The SMILES string of the molecule is CS(=O)(=O)CC(=O)N1Cc2ccnn2C[C@@H](OCc2cccnc2)C1. The summed E-state index contributed by atoms with van der Waals surface area (Å²) in [5, 5.41) is 4.26. The van der Waals surface area contributed by atoms with Crippen LogP contribution in [0.2, 0.25) is 0 Å². The van der Waals surface area contributed by atoms with Crippen LogP contribution in [0.3, 0.4) is 0 Å². The minimum atomic E-state index is -3.38. The summed E-state index contributed by atoms with van der Waals surface area (Å²) in [6.07, 6.45) is 5.85. The molecule has 0 aromatic carbocycles. The van der Waals surface area contributed by atoms with Crippen molar-refractivity contribution in [2.24, 2.45) is 0 Å². The van der Waals surface area contributed by atoms with Crippen LogP contribution < -0.4 is 0 Å². The first-order valence-corrected chi connectivity index (χ1v) is 9.93. The number of nitrogens with zero attached hydrogens (tertiary/aromatic N) is 4. The van der Waals surface area contributed by atoms with Gasteiger partial charge in [0.15, 0.2) is 9.84 Å². The van der Waals surface area contributed by atoms with Gasteiger partial charge in [-0.25, -0.2) is 8.42 Å². The minimum Gasteiger partial charge on any atom is -0.370 e. The number of hydrogen-bond donors (Lipinski definition) is 0. The Hall–Kier alpha value is -2.26. The van der Waals surface area contributed by atoms with Crippen molar-refractivity contribution < 1.29 is 17.9 Å². The topological polar surface area (TPSA) is 94.4 Å². The van der Waals surface area contributed by atoms with Crippen molar-refractivity contribution in [1.29, 1.82) is 0 Å². The second-order valence-corrected chi connectivity index (χ2v) is 8.28. The maximum absolute atomic E-state index is 12.4. The Morgan fingerprint density at radius 3 is 2.88 bits per heavy atom. The first kappa shape index (κ1) is 17.6. The van der Waals surface area contributed by atoms with E-state index in [4.69, 9.17) is 4.74 Å². The van der Waals surface area contributed by atoms with E-state index < -0.39 is 21.5 Å². The molecule has 8 nitrogen and oxygen atoms in total. The summed E-state index contributed by atoms with van der Waals surface area (Å²) in [5.41, 5.74) is 1.79. The van der Waals surface area contributed by atoms with Crippen LogP contribution in [0, 0.1) is 0 Å². The Kier molecular flexibility index (Phi) is 5.14. The number of aromatic nitrogens is 3. The number of carbonyl (C=O) groups excluding carboxylic acids is 1. The summed E-state index contributed by atoms with van der Waals surface area (Å²) < 4.78 is 30.6. The Balaban J connectivity index is 1.73. The van der Waals surface area contributed by atoms with Crippen LogP contribution in [-0.4, -0.2) is 58.6 Å². The van der Waals surface area contributed by atoms with E-state index in [0.29, 0.717) is 26.2 Å². The summed E-state index contributed by atoms with van der Waals surface area (Å²) in [6, 6.07) is 5.57. The average Bonchev–Trinajstić information content (AvgIpc) is 2.90. The third kappa shape index (κ3) is 4.86. The zero-order valence-electron chi connectivity index (χ0n) is 13.9. The molecule has 0 aliphatic carbocycles. The van der Waals surface area contributed by atoms with Crippen molar-refractivity contribution in [3.63, 3.8) is 0 Å². The number of carbonyl (C=O) groups is 1. The Morgan fingerprint density at radius 1 is 1.32 bits per heavy atom. The van der Waals surface area contributed by atoms with Gasteiger partial charge in [-0.15, -0.1) is 0 Å². The fourth-order valence-electron chi connectivity index (χ4n) is 2.72. The van der Waals surface area contributed by atoms with Gasteiger partial charge in [-0.05, 0) is 17.7 Å². The lowest BCUT2D eigenvalue weighted by atomic mass is 10.3. The molecule has 0 fully saturated rings. The van der Waals surface area contributed by atoms with Crippen molar-refractivity contribution >= 4 is 15.7 Å². The first-order chi connectivity index (χ1) is 11.9. The Labute approximate surface area is 146 Å². The van der Waals surface area contributed by atoms with Crippen LogP contribution in [0.4, 0.5) is 0 Å². The minimum absolute atomic E-state index is 0.287. The highest BCUT2D eigenvalue weighted by Gasteiger charge is 2.27. The fourth-order valence-corrected chi connectivity index (χ4v) is 3.36. The van der Waals surface area contributed by atoms with E-state index >= 15 is 0 Å². The van der Waals surface area contributed by atoms with Crippen molar-refractivity contribution in [3.05, 3.63) is 48.0 Å². The molecule has 2 aromatic heterocycles. The van der Waals surface area contributed by atoms with Gasteiger partial charge in [0.2, 0.25) is 5.91 Å². The van der Waals surface area contributed by atoms with Crippen LogP contribution in [0.15, 0.2) is 36.8 Å². The molecule has 0 bridgehead atoms. The van der Waals surface area contributed by atoms with E-state index in [-0.39, 0.29) is 6.10 Å². The number of amides is 1. The number of sulfone groups is 1. The molecule has 134 valence electrons. The van der Waals surface area contributed by atoms with Gasteiger partial charge in [0, 0.05) is 31.4 Å². The van der Waals surface area contributed by atoms with Gasteiger partial charge in [0.1, 0.15) is 5.75 Å². The van der Waals surface area contributed by atoms with E-state index in [2.05, 4.69) is 10.1 Å². The van der Waals surface area contributed by atoms with E-state index in [1.807, 2.05) is 18.2 Å². The van der Waals surface area contributed by atoms with Gasteiger partial charge < -0.3 is 9.64 Å². The third-order valence-electron chi connectivity index (χ3n) is 3.90. The van der Waals surface area contributed by atoms with Crippen molar-refractivity contribution in [2.75, 3.05) is 18.6 Å². The second-order valence-electron chi connectivity index (χ2n) is 6.14. The molecule has 0 spiro atoms. The molecule has 3 heterocycles. The largest absolute Gasteiger partial charge is 0.370 e. The molecular formula is C16H20N4O4S. The number of rotatable bonds is 5. The summed E-state index contributed by atoms with van der Waals surface area (Å²) in [6.45, 7) is 1.51. The van der Waals surface area contributed by atoms with Gasteiger partial charge in [-0.3, -0.25) is 14.5 Å². The predicted molar refractivity (Wildman–Crippen MR) is 90.2 cm³/mol. The normalized spacial score (nSPS) is 17.8. The summed E-state index contributed by atoms with van der Waals surface area (Å²) >= 11 is 0. The number of fused-ring (bicyclic) bond motifs is 1. The van der Waals surface area contributed by atoms with Crippen LogP contribution in [0.1, 0.15) is 11.3 Å². The van der Waals surface area contributed by atoms with E-state index in [0.717, 1.165) is 17.5 Å². The molecule has 25 heavy (non-hydrogen) atoms. The molecule has 2 aromatic rings. The molecule has 1 amide bonds. The molecule has 0 unspecified atom stereocenters. The molecular weight excluding hydrogens is 344 g/mol. The Bertz CT molecular complexity index is 835. The van der Waals surface area contributed by atoms with Gasteiger partial charge in [-0.1, -0.05) is 6.07 Å². The van der Waals surface area contributed by atoms with Gasteiger partial charge in [-0.2, -0.15) is 5.10 Å². The van der Waals surface area contributed by atoms with Crippen LogP contribution in [0.25, 0.3) is 0 Å². The molecule has 3 rings (SSSR count). The summed E-state index contributed by atoms with van der Waals surface area (Å²) in [7, 11) is -3.38. The summed E-state index contributed by atoms with van der Waals surface area (Å²) in [4.78, 5) is 17.9. The van der Waals surface area contributed by atoms with Crippen molar-refractivity contribution in [1.82, 2.24) is 19.7 Å². The predicted octanol–water partition coefficient (Wildman–Crippen LogP) is 0.250. The molecule has 1 aliphatic heterocycles. The molecule has 1 atom stereocenters. The molecule has 0 saturated carbocycles. The van der Waals surface area contributed by atoms with Gasteiger partial charge >= 0.3 is 0 Å². The quantitative estimate of drug-likeness (QED) is 0.755. The lowest BCUT2D eigenvalue weighted by Crippen LogP contribution is -2.40. The van der Waals surface area contributed by atoms with Crippen LogP contribution >= 0.6 is 0 Å². The maximum Gasteiger partial charge on any atom is 0.238 e. The monoisotopic (exact) mass is 364 g/mol. The van der Waals surface area contributed by atoms with E-state index in [1.54, 1.807) is 23.3 Å². The smallest absolute Gasteiger partial charge is 0.238 e. The lowest BCUT2D eigenvalue weighted by Gasteiger charge is -2.24. The van der Waals surface area contributed by atoms with Crippen molar-refractivity contribution in [3.8, 4) is 0 Å². The fraction of sp³-hybridized carbons (Fsp3) is 0.438. The summed E-state index contributed by atoms with van der Waals surface area (Å²) in [5.74, 6) is -0.927. The molecule has 0 saturated heterocycles. The van der Waals surface area contributed by atoms with Gasteiger partial charge in [0.25, 0.3) is 0 Å². The molecule has 1 aliphatic rings. The van der Waals surface area contributed by atoms with Crippen LogP contribution in [0.5, 0.6) is 0 Å². The zero-order valence-corrected chi connectivity index (χ0v) is 14.7. The Morgan fingerprint density at radius 2 is 2.16 bits per heavy atom. The standard InChI is InChI=1S/C16H20N4O4S/c1-25(22,23)12-16(21)19-8-14-4-6-18-20(14)10-15(9-19)24-11-13-3-2-5-17-7-13/h2-7,15H,8-12H2,1H3/t15-/m0/s1. The second kappa shape index (κ2) is 7.32. The zero-order chi connectivity index (χ0) is 17.9. The van der Waals surface area contributed by atoms with E-state index in [1.165, 1.54) is 4.90 Å². The van der Waals surface area contributed by atoms with Crippen LogP contribution in [-0.2, 0) is 39.1 Å². The number of ether oxygens (including phenoxy) is 1. The molecule has 0 radical (unpaired) electrons. The maximum atomic E-state index is 12.4. The highest BCUT2D eigenvalue weighted by Crippen LogP contribution is 2.15. The van der Waals surface area contributed by atoms with Gasteiger partial charge in [0.05, 0.1) is 31.5 Å². The third-order valence-corrected chi connectivity index (χ3v) is 4.68. The number of hydrogen-bond acceptors (Lipinski definition) is 6. The molecule has 0 N–H and O–H groups in total. The number of pyridine rings is 1. The van der Waals surface area contributed by atoms with E-state index in [9.17, 15) is 13.2 Å². The average molecular weight is 364 g/mol. The highest BCUT2D eigenvalue weighted by molar-refractivity contribution is 7.91.